The van der Waals surface area contributed by atoms with Gasteiger partial charge in [-0.1, -0.05) is 37.3 Å². The van der Waals surface area contributed by atoms with Gasteiger partial charge in [-0.3, -0.25) is 4.79 Å². The lowest BCUT2D eigenvalue weighted by Crippen LogP contribution is -2.34. The molecule has 3 aromatic rings. The minimum atomic E-state index is -3.61. The van der Waals surface area contributed by atoms with Gasteiger partial charge in [-0.2, -0.15) is 4.68 Å². The van der Waals surface area contributed by atoms with Crippen LogP contribution in [-0.2, 0) is 27.5 Å². The van der Waals surface area contributed by atoms with Gasteiger partial charge >= 0.3 is 0 Å². The predicted octanol–water partition coefficient (Wildman–Crippen LogP) is 2.60. The monoisotopic (exact) mass is 427 g/mol. The molecule has 30 heavy (non-hydrogen) atoms. The zero-order valence-corrected chi connectivity index (χ0v) is 17.8. The van der Waals surface area contributed by atoms with E-state index >= 15 is 0 Å². The van der Waals surface area contributed by atoms with Crippen LogP contribution in [0.2, 0.25) is 0 Å². The van der Waals surface area contributed by atoms with Crippen LogP contribution in [0.15, 0.2) is 54.6 Å². The highest BCUT2D eigenvalue weighted by molar-refractivity contribution is 7.92. The lowest BCUT2D eigenvalue weighted by atomic mass is 10.1. The van der Waals surface area contributed by atoms with E-state index in [2.05, 4.69) is 20.8 Å². The lowest BCUT2D eigenvalue weighted by Gasteiger charge is -2.13. The van der Waals surface area contributed by atoms with Crippen LogP contribution in [0.5, 0.6) is 0 Å². The number of amides is 1. The standard InChI is InChI=1S/C21H25N5O3S/c1-3-17-11-13-18(14-12-17)22-21(27)16(2)30(28,29)15-7-10-20-23-24-25-26(20)19-8-5-4-6-9-19/h4-6,8-9,11-14,16H,3,7,10,15H2,1-2H3,(H,22,27)/t16-/m0/s1. The number of nitrogens with one attached hydrogen (secondary N) is 1. The Kier molecular flexibility index (Phi) is 6.94. The summed E-state index contributed by atoms with van der Waals surface area (Å²) < 4.78 is 26.8. The summed E-state index contributed by atoms with van der Waals surface area (Å²) in [5.41, 5.74) is 2.54. The van der Waals surface area contributed by atoms with Crippen LogP contribution in [-0.4, -0.2) is 45.5 Å². The highest BCUT2D eigenvalue weighted by Gasteiger charge is 2.28. The van der Waals surface area contributed by atoms with Gasteiger partial charge in [0.15, 0.2) is 15.7 Å². The maximum Gasteiger partial charge on any atom is 0.242 e. The van der Waals surface area contributed by atoms with Gasteiger partial charge in [-0.05, 0) is 60.0 Å². The van der Waals surface area contributed by atoms with Gasteiger partial charge in [0.1, 0.15) is 5.25 Å². The molecule has 0 aliphatic carbocycles. The SMILES string of the molecule is CCc1ccc(NC(=O)[C@H](C)S(=O)(=O)CCCc2nnnn2-c2ccccc2)cc1. The summed E-state index contributed by atoms with van der Waals surface area (Å²) in [4.78, 5) is 12.4. The number of para-hydroxylation sites is 1. The molecule has 2 aromatic carbocycles. The molecule has 0 aliphatic heterocycles. The van der Waals surface area contributed by atoms with Crippen LogP contribution < -0.4 is 5.32 Å². The van der Waals surface area contributed by atoms with Crippen molar-refractivity contribution in [2.24, 2.45) is 0 Å². The second-order valence-corrected chi connectivity index (χ2v) is 9.44. The minimum absolute atomic E-state index is 0.127. The van der Waals surface area contributed by atoms with Crippen molar-refractivity contribution in [1.82, 2.24) is 20.2 Å². The molecule has 1 heterocycles. The Labute approximate surface area is 176 Å². The fourth-order valence-electron chi connectivity index (χ4n) is 2.97. The van der Waals surface area contributed by atoms with Crippen molar-refractivity contribution in [1.29, 1.82) is 0 Å². The van der Waals surface area contributed by atoms with Gasteiger partial charge in [0.25, 0.3) is 0 Å². The normalized spacial score (nSPS) is 12.5. The number of carbonyl (C=O) groups excluding carboxylic acids is 1. The first kappa shape index (κ1) is 21.6. The van der Waals surface area contributed by atoms with Crippen molar-refractivity contribution in [2.75, 3.05) is 11.1 Å². The van der Waals surface area contributed by atoms with Crippen LogP contribution >= 0.6 is 0 Å². The van der Waals surface area contributed by atoms with E-state index in [1.165, 1.54) is 6.92 Å². The van der Waals surface area contributed by atoms with E-state index in [0.29, 0.717) is 24.4 Å². The molecule has 1 atom stereocenters. The van der Waals surface area contributed by atoms with Crippen molar-refractivity contribution >= 4 is 21.4 Å². The van der Waals surface area contributed by atoms with Crippen LogP contribution in [0.25, 0.3) is 5.69 Å². The van der Waals surface area contributed by atoms with Gasteiger partial charge in [0, 0.05) is 12.1 Å². The maximum absolute atomic E-state index is 12.6. The second kappa shape index (κ2) is 9.62. The number of benzene rings is 2. The number of anilines is 1. The maximum atomic E-state index is 12.6. The van der Waals surface area contributed by atoms with Crippen molar-refractivity contribution in [3.63, 3.8) is 0 Å². The van der Waals surface area contributed by atoms with Crippen LogP contribution in [0.1, 0.15) is 31.7 Å². The third-order valence-corrected chi connectivity index (χ3v) is 7.05. The number of tetrazole rings is 1. The topological polar surface area (TPSA) is 107 Å². The number of hydrogen-bond acceptors (Lipinski definition) is 6. The van der Waals surface area contributed by atoms with Crippen LogP contribution in [0.3, 0.4) is 0 Å². The Morgan fingerprint density at radius 3 is 2.47 bits per heavy atom. The highest BCUT2D eigenvalue weighted by Crippen LogP contribution is 2.14. The third-order valence-electron chi connectivity index (χ3n) is 4.90. The van der Waals surface area contributed by atoms with Crippen molar-refractivity contribution < 1.29 is 13.2 Å². The first-order valence-corrected chi connectivity index (χ1v) is 11.6. The van der Waals surface area contributed by atoms with Crippen molar-refractivity contribution in [2.45, 2.75) is 38.4 Å². The zero-order valence-electron chi connectivity index (χ0n) is 17.0. The first-order chi connectivity index (χ1) is 14.4. The van der Waals surface area contributed by atoms with E-state index in [-0.39, 0.29) is 5.75 Å². The summed E-state index contributed by atoms with van der Waals surface area (Å²) in [6.45, 7) is 3.46. The molecule has 1 aromatic heterocycles. The summed E-state index contributed by atoms with van der Waals surface area (Å²) >= 11 is 0. The molecular formula is C21H25N5O3S. The molecule has 8 nitrogen and oxygen atoms in total. The smallest absolute Gasteiger partial charge is 0.242 e. The Morgan fingerprint density at radius 1 is 1.10 bits per heavy atom. The van der Waals surface area contributed by atoms with Crippen LogP contribution in [0, 0.1) is 0 Å². The molecule has 0 aliphatic rings. The fourth-order valence-corrected chi connectivity index (χ4v) is 4.26. The van der Waals surface area contributed by atoms with E-state index in [0.717, 1.165) is 17.7 Å². The molecule has 3 rings (SSSR count). The zero-order chi connectivity index (χ0) is 21.6. The van der Waals surface area contributed by atoms with Crippen molar-refractivity contribution in [3.05, 3.63) is 66.0 Å². The molecular weight excluding hydrogens is 402 g/mol. The number of carbonyl (C=O) groups is 1. The first-order valence-electron chi connectivity index (χ1n) is 9.84. The number of nitrogens with zero attached hydrogens (tertiary/aromatic N) is 4. The number of aryl methyl sites for hydroxylation is 2. The number of aromatic nitrogens is 4. The van der Waals surface area contributed by atoms with Gasteiger partial charge < -0.3 is 5.32 Å². The summed E-state index contributed by atoms with van der Waals surface area (Å²) in [6, 6.07) is 16.8. The van der Waals surface area contributed by atoms with Gasteiger partial charge in [-0.15, -0.1) is 5.10 Å². The number of hydrogen-bond donors (Lipinski definition) is 1. The van der Waals surface area contributed by atoms with Crippen LogP contribution in [0.4, 0.5) is 5.69 Å². The quantitative estimate of drug-likeness (QED) is 0.562. The van der Waals surface area contributed by atoms with E-state index in [9.17, 15) is 13.2 Å². The molecule has 0 radical (unpaired) electrons. The lowest BCUT2D eigenvalue weighted by molar-refractivity contribution is -0.115. The Morgan fingerprint density at radius 2 is 1.80 bits per heavy atom. The van der Waals surface area contributed by atoms with E-state index in [1.54, 1.807) is 16.8 Å². The Hall–Kier alpha value is -3.07. The molecule has 0 bridgehead atoms. The third kappa shape index (κ3) is 5.29. The van der Waals surface area contributed by atoms with E-state index in [4.69, 9.17) is 0 Å². The van der Waals surface area contributed by atoms with Gasteiger partial charge in [0.2, 0.25) is 5.91 Å². The Bertz CT molecular complexity index is 1080. The second-order valence-electron chi connectivity index (χ2n) is 6.99. The molecule has 0 saturated carbocycles. The van der Waals surface area contributed by atoms with Gasteiger partial charge in [0.05, 0.1) is 11.4 Å². The minimum Gasteiger partial charge on any atom is -0.325 e. The Balaban J connectivity index is 1.57. The molecule has 1 N–H and O–H groups in total. The summed E-state index contributed by atoms with van der Waals surface area (Å²) in [5, 5.41) is 13.2. The molecule has 9 heteroatoms. The molecule has 0 fully saturated rings. The largest absolute Gasteiger partial charge is 0.325 e. The predicted molar refractivity (Wildman–Crippen MR) is 115 cm³/mol. The molecule has 0 saturated heterocycles. The molecule has 1 amide bonds. The van der Waals surface area contributed by atoms with E-state index in [1.807, 2.05) is 49.4 Å². The molecule has 0 spiro atoms. The molecule has 158 valence electrons. The number of rotatable bonds is 9. The van der Waals surface area contributed by atoms with Crippen molar-refractivity contribution in [3.8, 4) is 5.69 Å². The van der Waals surface area contributed by atoms with E-state index < -0.39 is 21.0 Å². The summed E-state index contributed by atoms with van der Waals surface area (Å²) in [6.07, 6.45) is 1.60. The fraction of sp³-hybridized carbons (Fsp3) is 0.333. The summed E-state index contributed by atoms with van der Waals surface area (Å²) in [5.74, 6) is -0.0873. The van der Waals surface area contributed by atoms with Gasteiger partial charge in [-0.25, -0.2) is 8.42 Å². The summed E-state index contributed by atoms with van der Waals surface area (Å²) in [7, 11) is -3.61. The average molecular weight is 428 g/mol. The average Bonchev–Trinajstić information content (AvgIpc) is 3.22. The number of sulfone groups is 1. The highest BCUT2D eigenvalue weighted by atomic mass is 32.2. The molecule has 0 unspecified atom stereocenters.